The Kier molecular flexibility index (Phi) is 6.37. The highest BCUT2D eigenvalue weighted by molar-refractivity contribution is 6.07. The van der Waals surface area contributed by atoms with Crippen LogP contribution in [0.25, 0.3) is 0 Å². The summed E-state index contributed by atoms with van der Waals surface area (Å²) in [6.07, 6.45) is 8.48. The summed E-state index contributed by atoms with van der Waals surface area (Å²) in [6, 6.07) is -0.443. The summed E-state index contributed by atoms with van der Waals surface area (Å²) >= 11 is 0. The molecule has 1 N–H and O–H groups in total. The van der Waals surface area contributed by atoms with Gasteiger partial charge in [-0.2, -0.15) is 0 Å². The highest BCUT2D eigenvalue weighted by Crippen LogP contribution is 2.33. The third-order valence-electron chi connectivity index (χ3n) is 7.55. The first kappa shape index (κ1) is 21.6. The molecule has 0 aromatic carbocycles. The summed E-state index contributed by atoms with van der Waals surface area (Å²) in [5.74, 6) is 0.911. The predicted molar refractivity (Wildman–Crippen MR) is 115 cm³/mol. The SMILES string of the molecule is CC(C)CN1CCC2(CC1)NC(=O)N(C1CCCN(C(=O)C3CCCCC3)C1)C2=O. The molecule has 3 aliphatic heterocycles. The Morgan fingerprint density at radius 2 is 1.73 bits per heavy atom. The largest absolute Gasteiger partial charge is 0.340 e. The number of nitrogens with zero attached hydrogens (tertiary/aromatic N) is 3. The van der Waals surface area contributed by atoms with Crippen molar-refractivity contribution >= 4 is 17.8 Å². The fraction of sp³-hybridized carbons (Fsp3) is 0.870. The lowest BCUT2D eigenvalue weighted by molar-refractivity contribution is -0.142. The van der Waals surface area contributed by atoms with Crippen LogP contribution in [0.5, 0.6) is 0 Å². The van der Waals surface area contributed by atoms with Crippen molar-refractivity contribution in [3.63, 3.8) is 0 Å². The van der Waals surface area contributed by atoms with Crippen LogP contribution in [0.15, 0.2) is 0 Å². The predicted octanol–water partition coefficient (Wildman–Crippen LogP) is 2.60. The summed E-state index contributed by atoms with van der Waals surface area (Å²) in [5, 5.41) is 3.06. The lowest BCUT2D eigenvalue weighted by Gasteiger charge is -2.40. The maximum atomic E-state index is 13.4. The number of piperidine rings is 2. The zero-order valence-electron chi connectivity index (χ0n) is 18.7. The van der Waals surface area contributed by atoms with E-state index in [0.717, 1.165) is 64.7 Å². The van der Waals surface area contributed by atoms with E-state index in [1.807, 2.05) is 4.90 Å². The average molecular weight is 419 g/mol. The topological polar surface area (TPSA) is 73.0 Å². The first-order valence-electron chi connectivity index (χ1n) is 12.1. The molecule has 1 spiro atoms. The molecule has 1 unspecified atom stereocenters. The van der Waals surface area contributed by atoms with Gasteiger partial charge < -0.3 is 15.1 Å². The van der Waals surface area contributed by atoms with Crippen LogP contribution in [0.1, 0.15) is 71.6 Å². The van der Waals surface area contributed by atoms with Gasteiger partial charge in [0.15, 0.2) is 0 Å². The highest BCUT2D eigenvalue weighted by Gasteiger charge is 2.54. The van der Waals surface area contributed by atoms with E-state index < -0.39 is 5.54 Å². The highest BCUT2D eigenvalue weighted by atomic mass is 16.2. The van der Waals surface area contributed by atoms with E-state index >= 15 is 0 Å². The summed E-state index contributed by atoms with van der Waals surface area (Å²) in [5.41, 5.74) is -0.736. The molecule has 3 saturated heterocycles. The van der Waals surface area contributed by atoms with Crippen LogP contribution in [0, 0.1) is 11.8 Å². The first-order chi connectivity index (χ1) is 14.4. The number of hydrogen-bond donors (Lipinski definition) is 1. The quantitative estimate of drug-likeness (QED) is 0.713. The number of urea groups is 1. The summed E-state index contributed by atoms with van der Waals surface area (Å²) in [6.45, 7) is 8.39. The number of carbonyl (C=O) groups excluding carboxylic acids is 3. The third kappa shape index (κ3) is 4.23. The van der Waals surface area contributed by atoms with Gasteiger partial charge in [0.1, 0.15) is 5.54 Å². The van der Waals surface area contributed by atoms with Crippen LogP contribution in [-0.2, 0) is 9.59 Å². The Balaban J connectivity index is 1.39. The molecular weight excluding hydrogens is 380 g/mol. The fourth-order valence-electron chi connectivity index (χ4n) is 5.92. The number of nitrogens with one attached hydrogen (secondary N) is 1. The van der Waals surface area contributed by atoms with Gasteiger partial charge in [-0.3, -0.25) is 14.5 Å². The van der Waals surface area contributed by atoms with Crippen LogP contribution in [0.2, 0.25) is 0 Å². The maximum absolute atomic E-state index is 13.4. The van der Waals surface area contributed by atoms with Crippen LogP contribution >= 0.6 is 0 Å². The van der Waals surface area contributed by atoms with Gasteiger partial charge in [0.25, 0.3) is 5.91 Å². The molecule has 4 fully saturated rings. The van der Waals surface area contributed by atoms with Crippen molar-refractivity contribution in [3.8, 4) is 0 Å². The summed E-state index contributed by atoms with van der Waals surface area (Å²) in [7, 11) is 0. The second-order valence-corrected chi connectivity index (χ2v) is 10.3. The van der Waals surface area contributed by atoms with Gasteiger partial charge >= 0.3 is 6.03 Å². The van der Waals surface area contributed by atoms with E-state index in [2.05, 4.69) is 24.1 Å². The van der Waals surface area contributed by atoms with Crippen molar-refractivity contribution in [2.45, 2.75) is 83.2 Å². The molecule has 7 nitrogen and oxygen atoms in total. The molecule has 1 atom stereocenters. The molecule has 0 radical (unpaired) electrons. The van der Waals surface area contributed by atoms with Gasteiger partial charge in [0, 0.05) is 38.6 Å². The first-order valence-corrected chi connectivity index (χ1v) is 12.1. The van der Waals surface area contributed by atoms with E-state index in [1.54, 1.807) is 0 Å². The number of carbonyl (C=O) groups is 3. The van der Waals surface area contributed by atoms with Crippen LogP contribution in [0.4, 0.5) is 4.79 Å². The second-order valence-electron chi connectivity index (χ2n) is 10.3. The van der Waals surface area contributed by atoms with Crippen molar-refractivity contribution < 1.29 is 14.4 Å². The molecule has 1 saturated carbocycles. The Morgan fingerprint density at radius 3 is 2.40 bits per heavy atom. The van der Waals surface area contributed by atoms with Crippen molar-refractivity contribution in [1.29, 1.82) is 0 Å². The Bertz CT molecular complexity index is 665. The molecule has 30 heavy (non-hydrogen) atoms. The molecule has 0 aromatic rings. The standard InChI is InChI=1S/C23H38N4O3/c1-17(2)15-25-13-10-23(11-14-25)21(29)27(22(30)24-23)19-9-6-12-26(16-19)20(28)18-7-4-3-5-8-18/h17-19H,3-16H2,1-2H3,(H,24,30). The monoisotopic (exact) mass is 418 g/mol. The number of likely N-dealkylation sites (tertiary alicyclic amines) is 2. The molecule has 4 amide bonds. The van der Waals surface area contributed by atoms with E-state index in [1.165, 1.54) is 11.3 Å². The maximum Gasteiger partial charge on any atom is 0.325 e. The number of rotatable bonds is 4. The Labute approximate surface area is 180 Å². The molecule has 0 aromatic heterocycles. The summed E-state index contributed by atoms with van der Waals surface area (Å²) < 4.78 is 0. The van der Waals surface area contributed by atoms with E-state index in [9.17, 15) is 14.4 Å². The molecule has 168 valence electrons. The van der Waals surface area contributed by atoms with Crippen molar-refractivity contribution in [2.24, 2.45) is 11.8 Å². The van der Waals surface area contributed by atoms with Gasteiger partial charge in [-0.25, -0.2) is 4.79 Å². The molecule has 7 heteroatoms. The van der Waals surface area contributed by atoms with Crippen LogP contribution in [-0.4, -0.2) is 76.8 Å². The third-order valence-corrected chi connectivity index (χ3v) is 7.55. The van der Waals surface area contributed by atoms with Crippen LogP contribution < -0.4 is 5.32 Å². The zero-order chi connectivity index (χ0) is 21.3. The molecular formula is C23H38N4O3. The zero-order valence-corrected chi connectivity index (χ0v) is 18.7. The van der Waals surface area contributed by atoms with E-state index in [0.29, 0.717) is 25.3 Å². The van der Waals surface area contributed by atoms with Crippen molar-refractivity contribution in [2.75, 3.05) is 32.7 Å². The number of amides is 4. The van der Waals surface area contributed by atoms with Gasteiger partial charge in [0.2, 0.25) is 5.91 Å². The smallest absolute Gasteiger partial charge is 0.325 e. The van der Waals surface area contributed by atoms with Gasteiger partial charge in [-0.05, 0) is 44.4 Å². The van der Waals surface area contributed by atoms with Gasteiger partial charge in [0.05, 0.1) is 6.04 Å². The number of imide groups is 1. The minimum atomic E-state index is -0.736. The van der Waals surface area contributed by atoms with Gasteiger partial charge in [-0.15, -0.1) is 0 Å². The lowest BCUT2D eigenvalue weighted by atomic mass is 9.86. The Morgan fingerprint density at radius 1 is 1.03 bits per heavy atom. The minimum Gasteiger partial charge on any atom is -0.340 e. The Hall–Kier alpha value is -1.63. The summed E-state index contributed by atoms with van der Waals surface area (Å²) in [4.78, 5) is 45.1. The molecule has 1 aliphatic carbocycles. The van der Waals surface area contributed by atoms with E-state index in [-0.39, 0.29) is 29.8 Å². The van der Waals surface area contributed by atoms with E-state index in [4.69, 9.17) is 0 Å². The van der Waals surface area contributed by atoms with Crippen molar-refractivity contribution in [3.05, 3.63) is 0 Å². The molecule has 0 bridgehead atoms. The second kappa shape index (κ2) is 8.85. The van der Waals surface area contributed by atoms with Crippen molar-refractivity contribution in [1.82, 2.24) is 20.0 Å². The van der Waals surface area contributed by atoms with Crippen LogP contribution in [0.3, 0.4) is 0 Å². The fourth-order valence-corrected chi connectivity index (χ4v) is 5.92. The molecule has 4 rings (SSSR count). The average Bonchev–Trinajstić information content (AvgIpc) is 2.99. The van der Waals surface area contributed by atoms with Gasteiger partial charge in [-0.1, -0.05) is 33.1 Å². The number of hydrogen-bond acceptors (Lipinski definition) is 4. The minimum absolute atomic E-state index is 0.0614. The molecule has 3 heterocycles. The lowest BCUT2D eigenvalue weighted by Crippen LogP contribution is -2.57. The molecule has 4 aliphatic rings. The normalized spacial score (nSPS) is 28.4.